The van der Waals surface area contributed by atoms with E-state index in [-0.39, 0.29) is 5.69 Å². The molecule has 1 N–H and O–H groups in total. The van der Waals surface area contributed by atoms with Gasteiger partial charge >= 0.3 is 6.09 Å². The zero-order chi connectivity index (χ0) is 11.6. The molecule has 0 radical (unpaired) electrons. The van der Waals surface area contributed by atoms with E-state index in [9.17, 15) is 19.3 Å². The molecule has 1 rings (SSSR count). The zero-order valence-corrected chi connectivity index (χ0v) is 7.68. The number of nitrogens with zero attached hydrogens (tertiary/aromatic N) is 2. The third-order valence-corrected chi connectivity index (χ3v) is 1.78. The van der Waals surface area contributed by atoms with Crippen LogP contribution in [-0.4, -0.2) is 23.2 Å². The van der Waals surface area contributed by atoms with Crippen molar-refractivity contribution in [2.24, 2.45) is 0 Å². The molecular formula is C8H7FN2O4. The van der Waals surface area contributed by atoms with Gasteiger partial charge in [0.05, 0.1) is 4.92 Å². The smallest absolute Gasteiger partial charge is 0.411 e. The molecule has 7 heteroatoms. The van der Waals surface area contributed by atoms with E-state index >= 15 is 0 Å². The van der Waals surface area contributed by atoms with Crippen molar-refractivity contribution >= 4 is 17.5 Å². The molecule has 0 unspecified atom stereocenters. The van der Waals surface area contributed by atoms with Crippen molar-refractivity contribution in [1.82, 2.24) is 0 Å². The Morgan fingerprint density at radius 1 is 1.60 bits per heavy atom. The van der Waals surface area contributed by atoms with Crippen LogP contribution in [0.2, 0.25) is 0 Å². The summed E-state index contributed by atoms with van der Waals surface area (Å²) in [4.78, 5) is 20.9. The third-order valence-electron chi connectivity index (χ3n) is 1.78. The molecule has 0 atom stereocenters. The number of hydrogen-bond donors (Lipinski definition) is 1. The molecule has 0 bridgehead atoms. The Kier molecular flexibility index (Phi) is 2.84. The van der Waals surface area contributed by atoms with Gasteiger partial charge in [0.2, 0.25) is 0 Å². The van der Waals surface area contributed by atoms with Gasteiger partial charge in [-0.05, 0) is 6.07 Å². The molecule has 0 aliphatic rings. The maximum atomic E-state index is 12.8. The summed E-state index contributed by atoms with van der Waals surface area (Å²) in [7, 11) is 1.10. The Hall–Kier alpha value is -2.18. The molecule has 1 aromatic carbocycles. The van der Waals surface area contributed by atoms with E-state index in [0.29, 0.717) is 4.90 Å². The summed E-state index contributed by atoms with van der Waals surface area (Å²) in [5.74, 6) is -0.733. The number of anilines is 1. The van der Waals surface area contributed by atoms with Gasteiger partial charge in [-0.15, -0.1) is 0 Å². The summed E-state index contributed by atoms with van der Waals surface area (Å²) in [6, 6.07) is 2.62. The van der Waals surface area contributed by atoms with Crippen LogP contribution in [0.1, 0.15) is 0 Å². The minimum Gasteiger partial charge on any atom is -0.465 e. The first-order chi connectivity index (χ1) is 6.93. The number of benzene rings is 1. The Morgan fingerprint density at radius 3 is 2.67 bits per heavy atom. The fraction of sp³-hybridized carbons (Fsp3) is 0.125. The highest BCUT2D eigenvalue weighted by Crippen LogP contribution is 2.27. The number of halogens is 1. The van der Waals surface area contributed by atoms with Crippen LogP contribution >= 0.6 is 0 Å². The number of rotatable bonds is 2. The van der Waals surface area contributed by atoms with Crippen molar-refractivity contribution in [2.75, 3.05) is 11.9 Å². The topological polar surface area (TPSA) is 83.7 Å². The van der Waals surface area contributed by atoms with Gasteiger partial charge < -0.3 is 5.11 Å². The van der Waals surface area contributed by atoms with Gasteiger partial charge in [0.25, 0.3) is 5.69 Å². The number of nitro benzene ring substituents is 1. The summed E-state index contributed by atoms with van der Waals surface area (Å²) in [6.07, 6.45) is -1.40. The number of carboxylic acid groups (broad SMARTS) is 1. The molecule has 0 aliphatic heterocycles. The summed E-state index contributed by atoms with van der Waals surface area (Å²) in [6.45, 7) is 0. The fourth-order valence-electron chi connectivity index (χ4n) is 1.02. The van der Waals surface area contributed by atoms with E-state index in [1.165, 1.54) is 0 Å². The van der Waals surface area contributed by atoms with E-state index in [1.54, 1.807) is 0 Å². The Bertz CT molecular complexity index is 421. The van der Waals surface area contributed by atoms with Crippen LogP contribution in [-0.2, 0) is 0 Å². The summed E-state index contributed by atoms with van der Waals surface area (Å²) in [5, 5.41) is 19.1. The number of amides is 1. The molecule has 0 aliphatic carbocycles. The van der Waals surface area contributed by atoms with Gasteiger partial charge in [-0.2, -0.15) is 0 Å². The highest BCUT2D eigenvalue weighted by Gasteiger charge is 2.21. The van der Waals surface area contributed by atoms with Crippen molar-refractivity contribution in [1.29, 1.82) is 0 Å². The summed E-state index contributed by atoms with van der Waals surface area (Å²) in [5.41, 5.74) is -0.756. The SMILES string of the molecule is CN(C(=O)O)c1cc(F)ccc1[N+](=O)[O-]. The number of hydrogen-bond acceptors (Lipinski definition) is 3. The maximum Gasteiger partial charge on any atom is 0.411 e. The van der Waals surface area contributed by atoms with Gasteiger partial charge in [0, 0.05) is 19.2 Å². The highest BCUT2D eigenvalue weighted by molar-refractivity contribution is 5.88. The average Bonchev–Trinajstić information content (AvgIpc) is 2.15. The quantitative estimate of drug-likeness (QED) is 0.601. The van der Waals surface area contributed by atoms with Crippen LogP contribution in [0.3, 0.4) is 0 Å². The lowest BCUT2D eigenvalue weighted by atomic mass is 10.2. The zero-order valence-electron chi connectivity index (χ0n) is 7.68. The van der Waals surface area contributed by atoms with E-state index in [0.717, 1.165) is 25.2 Å². The van der Waals surface area contributed by atoms with Crippen molar-refractivity contribution in [2.45, 2.75) is 0 Å². The lowest BCUT2D eigenvalue weighted by Gasteiger charge is -2.12. The largest absolute Gasteiger partial charge is 0.465 e. The number of carbonyl (C=O) groups is 1. The van der Waals surface area contributed by atoms with Crippen LogP contribution in [0.25, 0.3) is 0 Å². The molecule has 0 spiro atoms. The third kappa shape index (κ3) is 2.19. The van der Waals surface area contributed by atoms with Gasteiger partial charge in [-0.25, -0.2) is 9.18 Å². The van der Waals surface area contributed by atoms with Crippen LogP contribution < -0.4 is 4.90 Å². The van der Waals surface area contributed by atoms with E-state index in [4.69, 9.17) is 5.11 Å². The van der Waals surface area contributed by atoms with Gasteiger partial charge in [0.1, 0.15) is 11.5 Å². The molecular weight excluding hydrogens is 207 g/mol. The molecule has 0 saturated carbocycles. The molecule has 0 heterocycles. The molecule has 1 amide bonds. The van der Waals surface area contributed by atoms with E-state index < -0.39 is 22.5 Å². The van der Waals surface area contributed by atoms with Crippen LogP contribution in [0.15, 0.2) is 18.2 Å². The average molecular weight is 214 g/mol. The highest BCUT2D eigenvalue weighted by atomic mass is 19.1. The predicted molar refractivity (Wildman–Crippen MR) is 49.5 cm³/mol. The molecule has 0 fully saturated rings. The first-order valence-electron chi connectivity index (χ1n) is 3.84. The minimum absolute atomic E-state index is 0.299. The van der Waals surface area contributed by atoms with Gasteiger partial charge in [-0.1, -0.05) is 0 Å². The predicted octanol–water partition coefficient (Wildman–Crippen LogP) is 1.85. The Balaban J connectivity index is 3.30. The number of nitro groups is 1. The molecule has 15 heavy (non-hydrogen) atoms. The second-order valence-electron chi connectivity index (χ2n) is 2.73. The normalized spacial score (nSPS) is 9.73. The molecule has 0 aromatic heterocycles. The molecule has 0 saturated heterocycles. The maximum absolute atomic E-state index is 12.8. The molecule has 80 valence electrons. The monoisotopic (exact) mass is 214 g/mol. The lowest BCUT2D eigenvalue weighted by Crippen LogP contribution is -2.24. The standard InChI is InChI=1S/C8H7FN2O4/c1-10(8(12)13)7-4-5(9)2-3-6(7)11(14)15/h2-4H,1H3,(H,12,13). The minimum atomic E-state index is -1.40. The van der Waals surface area contributed by atoms with E-state index in [1.807, 2.05) is 0 Å². The van der Waals surface area contributed by atoms with Crippen molar-refractivity contribution in [3.8, 4) is 0 Å². The van der Waals surface area contributed by atoms with E-state index in [2.05, 4.69) is 0 Å². The van der Waals surface area contributed by atoms with Crippen LogP contribution in [0.5, 0.6) is 0 Å². The summed E-state index contributed by atoms with van der Waals surface area (Å²) >= 11 is 0. The Labute approximate surface area is 83.7 Å². The van der Waals surface area contributed by atoms with Crippen molar-refractivity contribution in [3.63, 3.8) is 0 Å². The first-order valence-corrected chi connectivity index (χ1v) is 3.84. The van der Waals surface area contributed by atoms with Gasteiger partial charge in [0.15, 0.2) is 0 Å². The second kappa shape index (κ2) is 3.91. The van der Waals surface area contributed by atoms with Gasteiger partial charge in [-0.3, -0.25) is 15.0 Å². The Morgan fingerprint density at radius 2 is 2.20 bits per heavy atom. The fourth-order valence-corrected chi connectivity index (χ4v) is 1.02. The van der Waals surface area contributed by atoms with Crippen LogP contribution in [0.4, 0.5) is 20.6 Å². The first kappa shape index (κ1) is 10.9. The molecule has 1 aromatic rings. The lowest BCUT2D eigenvalue weighted by molar-refractivity contribution is -0.384. The van der Waals surface area contributed by atoms with Crippen LogP contribution in [0, 0.1) is 15.9 Å². The van der Waals surface area contributed by atoms with Crippen molar-refractivity contribution in [3.05, 3.63) is 34.1 Å². The molecule has 6 nitrogen and oxygen atoms in total. The second-order valence-corrected chi connectivity index (χ2v) is 2.73. The van der Waals surface area contributed by atoms with Crippen molar-refractivity contribution < 1.29 is 19.2 Å². The summed E-state index contributed by atoms with van der Waals surface area (Å²) < 4.78 is 12.8.